The summed E-state index contributed by atoms with van der Waals surface area (Å²) in [6.45, 7) is -0.143. The summed E-state index contributed by atoms with van der Waals surface area (Å²) in [4.78, 5) is 33.7. The molecule has 1 heterocycles. The average molecular weight is 382 g/mol. The van der Waals surface area contributed by atoms with Crippen LogP contribution >= 0.6 is 23.2 Å². The van der Waals surface area contributed by atoms with Gasteiger partial charge in [0.1, 0.15) is 5.75 Å². The van der Waals surface area contributed by atoms with Crippen LogP contribution in [0.2, 0.25) is 10.0 Å². The Labute approximate surface area is 150 Å². The Balaban J connectivity index is 1.86. The lowest BCUT2D eigenvalue weighted by atomic mass is 10.1. The zero-order chi connectivity index (χ0) is 18.1. The number of hydrogen-bond donors (Lipinski definition) is 2. The lowest BCUT2D eigenvalue weighted by molar-refractivity contribution is -0.384. The summed E-state index contributed by atoms with van der Waals surface area (Å²) in [5, 5.41) is 16.0. The van der Waals surface area contributed by atoms with Crippen molar-refractivity contribution in [3.63, 3.8) is 0 Å². The second-order valence-corrected chi connectivity index (χ2v) is 5.85. The van der Waals surface area contributed by atoms with E-state index in [1.54, 1.807) is 0 Å². The molecule has 1 aliphatic heterocycles. The summed E-state index contributed by atoms with van der Waals surface area (Å²) in [6, 6.07) is 6.42. The number of fused-ring (bicyclic) bond motifs is 1. The predicted molar refractivity (Wildman–Crippen MR) is 91.6 cm³/mol. The molecule has 2 N–H and O–H groups in total. The standard InChI is InChI=1S/C15H9Cl2N3O5/c16-9-3-7(20(23)24)1-2-8(9)15(22)19-11-5-13-12(4-10(11)17)18-14(21)6-25-13/h1-5H,6H2,(H,18,21)(H,19,22). The van der Waals surface area contributed by atoms with Gasteiger partial charge in [0.25, 0.3) is 17.5 Å². The molecule has 25 heavy (non-hydrogen) atoms. The first kappa shape index (κ1) is 17.0. The highest BCUT2D eigenvalue weighted by Crippen LogP contribution is 2.36. The van der Waals surface area contributed by atoms with E-state index in [9.17, 15) is 19.7 Å². The van der Waals surface area contributed by atoms with Gasteiger partial charge in [0.15, 0.2) is 6.61 Å². The molecule has 0 atom stereocenters. The molecule has 0 spiro atoms. The van der Waals surface area contributed by atoms with Crippen LogP contribution in [0.15, 0.2) is 30.3 Å². The molecule has 0 bridgehead atoms. The van der Waals surface area contributed by atoms with Crippen molar-refractivity contribution in [3.8, 4) is 5.75 Å². The number of carbonyl (C=O) groups is 2. The second kappa shape index (κ2) is 6.58. The number of rotatable bonds is 3. The van der Waals surface area contributed by atoms with E-state index in [1.807, 2.05) is 0 Å². The zero-order valence-electron chi connectivity index (χ0n) is 12.3. The largest absolute Gasteiger partial charge is 0.482 e. The van der Waals surface area contributed by atoms with Crippen molar-refractivity contribution in [1.82, 2.24) is 0 Å². The van der Waals surface area contributed by atoms with E-state index >= 15 is 0 Å². The number of ether oxygens (including phenoxy) is 1. The molecule has 0 aromatic heterocycles. The fourth-order valence-electron chi connectivity index (χ4n) is 2.19. The highest BCUT2D eigenvalue weighted by molar-refractivity contribution is 6.36. The summed E-state index contributed by atoms with van der Waals surface area (Å²) >= 11 is 12.0. The molecule has 1 aliphatic rings. The normalized spacial score (nSPS) is 12.6. The number of nitrogens with zero attached hydrogens (tertiary/aromatic N) is 1. The third-order valence-corrected chi connectivity index (χ3v) is 3.98. The summed E-state index contributed by atoms with van der Waals surface area (Å²) in [7, 11) is 0. The van der Waals surface area contributed by atoms with E-state index in [2.05, 4.69) is 10.6 Å². The van der Waals surface area contributed by atoms with Gasteiger partial charge in [-0.25, -0.2) is 0 Å². The lowest BCUT2D eigenvalue weighted by Gasteiger charge is -2.19. The third-order valence-electron chi connectivity index (χ3n) is 3.36. The lowest BCUT2D eigenvalue weighted by Crippen LogP contribution is -2.25. The first-order valence-electron chi connectivity index (χ1n) is 6.86. The average Bonchev–Trinajstić information content (AvgIpc) is 2.55. The van der Waals surface area contributed by atoms with E-state index in [0.29, 0.717) is 11.4 Å². The highest BCUT2D eigenvalue weighted by Gasteiger charge is 2.20. The Bertz CT molecular complexity index is 916. The van der Waals surface area contributed by atoms with Gasteiger partial charge in [0.2, 0.25) is 0 Å². The molecule has 2 aromatic carbocycles. The van der Waals surface area contributed by atoms with Gasteiger partial charge in [0, 0.05) is 18.2 Å². The van der Waals surface area contributed by atoms with Crippen LogP contribution in [0.1, 0.15) is 10.4 Å². The molecule has 2 amide bonds. The number of nitro groups is 1. The van der Waals surface area contributed by atoms with Crippen LogP contribution in [0.4, 0.5) is 17.1 Å². The monoisotopic (exact) mass is 381 g/mol. The van der Waals surface area contributed by atoms with Crippen molar-refractivity contribution in [2.75, 3.05) is 17.2 Å². The molecule has 0 unspecified atom stereocenters. The Kier molecular flexibility index (Phi) is 4.47. The fourth-order valence-corrected chi connectivity index (χ4v) is 2.66. The molecule has 128 valence electrons. The zero-order valence-corrected chi connectivity index (χ0v) is 13.9. The van der Waals surface area contributed by atoms with E-state index in [-0.39, 0.29) is 39.5 Å². The SMILES string of the molecule is O=C1COc2cc(NC(=O)c3ccc([N+](=O)[O-])cc3Cl)c(Cl)cc2N1. The highest BCUT2D eigenvalue weighted by atomic mass is 35.5. The molecule has 0 saturated carbocycles. The first-order chi connectivity index (χ1) is 11.8. The van der Waals surface area contributed by atoms with Crippen LogP contribution in [0.3, 0.4) is 0 Å². The smallest absolute Gasteiger partial charge is 0.270 e. The Morgan fingerprint density at radius 2 is 2.00 bits per heavy atom. The van der Waals surface area contributed by atoms with Crippen molar-refractivity contribution < 1.29 is 19.2 Å². The molecular weight excluding hydrogens is 373 g/mol. The number of carbonyl (C=O) groups excluding carboxylic acids is 2. The van der Waals surface area contributed by atoms with E-state index in [4.69, 9.17) is 27.9 Å². The summed E-state index contributed by atoms with van der Waals surface area (Å²) < 4.78 is 5.26. The van der Waals surface area contributed by atoms with Crippen LogP contribution in [-0.4, -0.2) is 23.3 Å². The van der Waals surface area contributed by atoms with Gasteiger partial charge in [-0.05, 0) is 12.1 Å². The summed E-state index contributed by atoms with van der Waals surface area (Å²) in [5.41, 5.74) is 0.469. The first-order valence-corrected chi connectivity index (χ1v) is 7.62. The topological polar surface area (TPSA) is 111 Å². The summed E-state index contributed by atoms with van der Waals surface area (Å²) in [5.74, 6) is -0.547. The van der Waals surface area contributed by atoms with Gasteiger partial charge in [-0.15, -0.1) is 0 Å². The molecule has 8 nitrogen and oxygen atoms in total. The number of benzene rings is 2. The maximum Gasteiger partial charge on any atom is 0.270 e. The second-order valence-electron chi connectivity index (χ2n) is 5.04. The van der Waals surface area contributed by atoms with Crippen molar-refractivity contribution in [2.24, 2.45) is 0 Å². The molecular formula is C15H9Cl2N3O5. The van der Waals surface area contributed by atoms with E-state index < -0.39 is 10.8 Å². The maximum atomic E-state index is 12.4. The maximum absolute atomic E-state index is 12.4. The van der Waals surface area contributed by atoms with Gasteiger partial charge < -0.3 is 15.4 Å². The van der Waals surface area contributed by atoms with Crippen LogP contribution in [0.25, 0.3) is 0 Å². The van der Waals surface area contributed by atoms with Gasteiger partial charge in [0.05, 0.1) is 31.9 Å². The van der Waals surface area contributed by atoms with Crippen LogP contribution in [-0.2, 0) is 4.79 Å². The number of nitro benzene ring substituents is 1. The van der Waals surface area contributed by atoms with Crippen molar-refractivity contribution >= 4 is 52.1 Å². The van der Waals surface area contributed by atoms with Gasteiger partial charge in [-0.1, -0.05) is 23.2 Å². The number of non-ortho nitro benzene ring substituents is 1. The van der Waals surface area contributed by atoms with E-state index in [0.717, 1.165) is 6.07 Å². The molecule has 0 aliphatic carbocycles. The Morgan fingerprint density at radius 3 is 2.68 bits per heavy atom. The molecule has 2 aromatic rings. The Hall–Kier alpha value is -2.84. The number of halogens is 2. The molecule has 10 heteroatoms. The number of amides is 2. The van der Waals surface area contributed by atoms with Crippen molar-refractivity contribution in [1.29, 1.82) is 0 Å². The van der Waals surface area contributed by atoms with Crippen LogP contribution < -0.4 is 15.4 Å². The van der Waals surface area contributed by atoms with Gasteiger partial charge in [-0.2, -0.15) is 0 Å². The predicted octanol–water partition coefficient (Wildman–Crippen LogP) is 3.48. The number of hydrogen-bond acceptors (Lipinski definition) is 5. The Morgan fingerprint density at radius 1 is 1.24 bits per heavy atom. The van der Waals surface area contributed by atoms with Crippen molar-refractivity contribution in [2.45, 2.75) is 0 Å². The molecule has 0 fully saturated rings. The van der Waals surface area contributed by atoms with Gasteiger partial charge in [-0.3, -0.25) is 19.7 Å². The number of anilines is 2. The quantitative estimate of drug-likeness (QED) is 0.624. The number of nitrogens with one attached hydrogen (secondary N) is 2. The minimum Gasteiger partial charge on any atom is -0.482 e. The molecule has 3 rings (SSSR count). The van der Waals surface area contributed by atoms with Crippen molar-refractivity contribution in [3.05, 3.63) is 56.1 Å². The minimum absolute atomic E-state index is 0.0512. The minimum atomic E-state index is -0.612. The molecule has 0 radical (unpaired) electrons. The van der Waals surface area contributed by atoms with Gasteiger partial charge >= 0.3 is 0 Å². The van der Waals surface area contributed by atoms with Crippen LogP contribution in [0.5, 0.6) is 5.75 Å². The third kappa shape index (κ3) is 3.49. The summed E-state index contributed by atoms with van der Waals surface area (Å²) in [6.07, 6.45) is 0. The van der Waals surface area contributed by atoms with E-state index in [1.165, 1.54) is 24.3 Å². The molecule has 0 saturated heterocycles. The fraction of sp³-hybridized carbons (Fsp3) is 0.0667. The van der Waals surface area contributed by atoms with Crippen LogP contribution in [0, 0.1) is 10.1 Å².